The Morgan fingerprint density at radius 3 is 1.88 bits per heavy atom. The summed E-state index contributed by atoms with van der Waals surface area (Å²) in [6.07, 6.45) is 2.24. The molecule has 0 aliphatic rings. The van der Waals surface area contributed by atoms with Gasteiger partial charge in [-0.15, -0.1) is 0 Å². The van der Waals surface area contributed by atoms with E-state index in [1.165, 1.54) is 11.1 Å². The third-order valence-corrected chi connectivity index (χ3v) is 6.32. The zero-order chi connectivity index (χ0) is 18.6. The van der Waals surface area contributed by atoms with Crippen LogP contribution >= 0.6 is 0 Å². The minimum absolute atomic E-state index is 0.122. The molecule has 0 aliphatic heterocycles. The Kier molecular flexibility index (Phi) is 6.93. The lowest BCUT2D eigenvalue weighted by atomic mass is 9.76. The molecule has 138 valence electrons. The zero-order valence-electron chi connectivity index (χ0n) is 17.6. The molecule has 2 heteroatoms. The summed E-state index contributed by atoms with van der Waals surface area (Å²) in [5.41, 5.74) is 3.09. The smallest absolute Gasteiger partial charge is 0.223 e. The first kappa shape index (κ1) is 21.0. The standard InChI is InChI=1S/C22H40NO/c1-10-21(5,6)18-14-15-20(19(16-18)22(7,8)11-2)24-17-23(9,12-3)13-4/h14-16H,10-13,17H2,1-9H3/q+1. The third-order valence-electron chi connectivity index (χ3n) is 6.32. The maximum absolute atomic E-state index is 6.35. The van der Waals surface area contributed by atoms with Crippen LogP contribution in [0.5, 0.6) is 5.75 Å². The normalized spacial score (nSPS) is 13.2. The summed E-state index contributed by atoms with van der Waals surface area (Å²) in [6, 6.07) is 6.86. The quantitative estimate of drug-likeness (QED) is 0.404. The van der Waals surface area contributed by atoms with E-state index in [0.29, 0.717) is 0 Å². The van der Waals surface area contributed by atoms with Crippen LogP contribution in [0.15, 0.2) is 18.2 Å². The van der Waals surface area contributed by atoms with Gasteiger partial charge in [-0.1, -0.05) is 53.7 Å². The molecular weight excluding hydrogens is 294 g/mol. The number of hydrogen-bond acceptors (Lipinski definition) is 1. The molecule has 24 heavy (non-hydrogen) atoms. The van der Waals surface area contributed by atoms with Crippen LogP contribution < -0.4 is 4.74 Å². The van der Waals surface area contributed by atoms with Gasteiger partial charge in [0.2, 0.25) is 6.73 Å². The number of nitrogens with zero attached hydrogens (tertiary/aromatic N) is 1. The number of ether oxygens (including phenoxy) is 1. The first-order valence-corrected chi connectivity index (χ1v) is 9.66. The molecule has 0 saturated carbocycles. The molecule has 1 aromatic carbocycles. The van der Waals surface area contributed by atoms with E-state index in [9.17, 15) is 0 Å². The van der Waals surface area contributed by atoms with Gasteiger partial charge in [0.15, 0.2) is 0 Å². The Labute approximate surface area is 150 Å². The molecule has 1 rings (SSSR count). The number of quaternary nitrogens is 1. The number of hydrogen-bond donors (Lipinski definition) is 0. The lowest BCUT2D eigenvalue weighted by molar-refractivity contribution is -0.920. The van der Waals surface area contributed by atoms with E-state index < -0.39 is 0 Å². The van der Waals surface area contributed by atoms with E-state index >= 15 is 0 Å². The van der Waals surface area contributed by atoms with Crippen LogP contribution in [0, 0.1) is 0 Å². The molecule has 0 aromatic heterocycles. The van der Waals surface area contributed by atoms with E-state index in [0.717, 1.165) is 42.9 Å². The molecule has 0 atom stereocenters. The van der Waals surface area contributed by atoms with Crippen LogP contribution in [-0.4, -0.2) is 31.4 Å². The highest BCUT2D eigenvalue weighted by atomic mass is 16.5. The highest BCUT2D eigenvalue weighted by Gasteiger charge is 2.27. The summed E-state index contributed by atoms with van der Waals surface area (Å²) < 4.78 is 7.28. The topological polar surface area (TPSA) is 9.23 Å². The van der Waals surface area contributed by atoms with Gasteiger partial charge < -0.3 is 4.74 Å². The van der Waals surface area contributed by atoms with Crippen molar-refractivity contribution in [2.45, 2.75) is 79.1 Å². The van der Waals surface area contributed by atoms with Crippen LogP contribution in [-0.2, 0) is 10.8 Å². The summed E-state index contributed by atoms with van der Waals surface area (Å²) >= 11 is 0. The summed E-state index contributed by atoms with van der Waals surface area (Å²) in [6.45, 7) is 21.2. The van der Waals surface area contributed by atoms with Gasteiger partial charge in [0.1, 0.15) is 5.75 Å². The maximum Gasteiger partial charge on any atom is 0.223 e. The van der Waals surface area contributed by atoms with Crippen LogP contribution in [0.1, 0.15) is 79.4 Å². The van der Waals surface area contributed by atoms with Gasteiger partial charge in [-0.3, -0.25) is 4.48 Å². The Hall–Kier alpha value is -1.02. The first-order valence-electron chi connectivity index (χ1n) is 9.66. The Morgan fingerprint density at radius 2 is 1.42 bits per heavy atom. The van der Waals surface area contributed by atoms with Gasteiger partial charge >= 0.3 is 0 Å². The number of benzene rings is 1. The van der Waals surface area contributed by atoms with Crippen LogP contribution in [0.2, 0.25) is 0 Å². The predicted molar refractivity (Wildman–Crippen MR) is 106 cm³/mol. The van der Waals surface area contributed by atoms with Crippen LogP contribution in [0.3, 0.4) is 0 Å². The number of rotatable bonds is 9. The van der Waals surface area contributed by atoms with Gasteiger partial charge in [0, 0.05) is 5.56 Å². The molecule has 2 nitrogen and oxygen atoms in total. The molecule has 0 bridgehead atoms. The third kappa shape index (κ3) is 4.75. The minimum atomic E-state index is 0.122. The van der Waals surface area contributed by atoms with Gasteiger partial charge in [-0.2, -0.15) is 0 Å². The predicted octanol–water partition coefficient (Wildman–Crippen LogP) is 5.88. The highest BCUT2D eigenvalue weighted by Crippen LogP contribution is 2.38. The largest absolute Gasteiger partial charge is 0.445 e. The second-order valence-electron chi connectivity index (χ2n) is 8.71. The summed E-state index contributed by atoms with van der Waals surface area (Å²) in [4.78, 5) is 0. The van der Waals surface area contributed by atoms with E-state index in [1.807, 2.05) is 0 Å². The Bertz CT molecular complexity index is 527. The average molecular weight is 335 g/mol. The van der Waals surface area contributed by atoms with Crippen molar-refractivity contribution in [2.75, 3.05) is 26.9 Å². The average Bonchev–Trinajstić information content (AvgIpc) is 2.59. The minimum Gasteiger partial charge on any atom is -0.445 e. The molecule has 0 fully saturated rings. The van der Waals surface area contributed by atoms with Crippen molar-refractivity contribution in [1.29, 1.82) is 0 Å². The Balaban J connectivity index is 3.25. The van der Waals surface area contributed by atoms with Gasteiger partial charge in [-0.25, -0.2) is 0 Å². The molecule has 0 N–H and O–H groups in total. The van der Waals surface area contributed by atoms with Crippen LogP contribution in [0.4, 0.5) is 0 Å². The molecule has 0 spiro atoms. The first-order chi connectivity index (χ1) is 11.0. The van der Waals surface area contributed by atoms with Crippen molar-refractivity contribution in [2.24, 2.45) is 0 Å². The summed E-state index contributed by atoms with van der Waals surface area (Å²) in [7, 11) is 2.26. The van der Waals surface area contributed by atoms with Gasteiger partial charge in [0.05, 0.1) is 20.1 Å². The fourth-order valence-electron chi connectivity index (χ4n) is 2.63. The van der Waals surface area contributed by atoms with Gasteiger partial charge in [-0.05, 0) is 49.1 Å². The van der Waals surface area contributed by atoms with Gasteiger partial charge in [0.25, 0.3) is 0 Å². The highest BCUT2D eigenvalue weighted by molar-refractivity contribution is 5.44. The molecule has 0 unspecified atom stereocenters. The second kappa shape index (κ2) is 7.91. The second-order valence-corrected chi connectivity index (χ2v) is 8.71. The molecule has 0 saturated heterocycles. The van der Waals surface area contributed by atoms with Crippen molar-refractivity contribution in [1.82, 2.24) is 0 Å². The summed E-state index contributed by atoms with van der Waals surface area (Å²) in [5, 5.41) is 0. The Morgan fingerprint density at radius 1 is 0.875 bits per heavy atom. The molecule has 0 heterocycles. The van der Waals surface area contributed by atoms with E-state index in [4.69, 9.17) is 4.74 Å². The lowest BCUT2D eigenvalue weighted by Crippen LogP contribution is -2.46. The lowest BCUT2D eigenvalue weighted by Gasteiger charge is -2.34. The maximum atomic E-state index is 6.35. The van der Waals surface area contributed by atoms with Crippen molar-refractivity contribution < 1.29 is 9.22 Å². The van der Waals surface area contributed by atoms with Crippen molar-refractivity contribution >= 4 is 0 Å². The molecule has 0 radical (unpaired) electrons. The molecule has 0 aliphatic carbocycles. The van der Waals surface area contributed by atoms with E-state index in [-0.39, 0.29) is 10.8 Å². The monoisotopic (exact) mass is 334 g/mol. The molecular formula is C22H40NO+. The fourth-order valence-corrected chi connectivity index (χ4v) is 2.63. The van der Waals surface area contributed by atoms with Crippen molar-refractivity contribution in [3.8, 4) is 5.75 Å². The SMILES string of the molecule is CCC(C)(C)c1ccc(OC[N+](C)(CC)CC)c(C(C)(C)CC)c1. The fraction of sp³-hybridized carbons (Fsp3) is 0.727. The van der Waals surface area contributed by atoms with E-state index in [2.05, 4.69) is 80.6 Å². The van der Waals surface area contributed by atoms with Crippen LogP contribution in [0.25, 0.3) is 0 Å². The zero-order valence-corrected chi connectivity index (χ0v) is 17.6. The van der Waals surface area contributed by atoms with Crippen molar-refractivity contribution in [3.05, 3.63) is 29.3 Å². The summed E-state index contributed by atoms with van der Waals surface area (Å²) in [5.74, 6) is 1.06. The molecule has 1 aromatic rings. The van der Waals surface area contributed by atoms with E-state index in [1.54, 1.807) is 0 Å². The van der Waals surface area contributed by atoms with Crippen molar-refractivity contribution in [3.63, 3.8) is 0 Å². The molecule has 0 amide bonds.